The molecule has 2 amide bonds. The molecule has 39 heavy (non-hydrogen) atoms. The molecule has 10 nitrogen and oxygen atoms in total. The van der Waals surface area contributed by atoms with E-state index in [0.717, 1.165) is 0 Å². The van der Waals surface area contributed by atoms with Crippen molar-refractivity contribution in [2.75, 3.05) is 7.11 Å². The Morgan fingerprint density at radius 2 is 1.56 bits per heavy atom. The van der Waals surface area contributed by atoms with Crippen molar-refractivity contribution < 1.29 is 38.2 Å². The van der Waals surface area contributed by atoms with E-state index in [0.29, 0.717) is 19.3 Å². The number of carbonyl (C=O) groups is 5. The molecule has 0 aromatic rings. The number of ether oxygens (including phenoxy) is 3. The molecule has 2 rings (SSSR count). The van der Waals surface area contributed by atoms with E-state index in [9.17, 15) is 24.0 Å². The lowest BCUT2D eigenvalue weighted by atomic mass is 9.92. The van der Waals surface area contributed by atoms with Crippen LogP contribution in [0.1, 0.15) is 100 Å². The van der Waals surface area contributed by atoms with E-state index in [1.54, 1.807) is 46.4 Å². The van der Waals surface area contributed by atoms with Gasteiger partial charge in [0.05, 0.1) is 19.1 Å². The van der Waals surface area contributed by atoms with Crippen LogP contribution in [0.15, 0.2) is 12.2 Å². The number of esters is 2. The van der Waals surface area contributed by atoms with Crippen molar-refractivity contribution in [2.45, 2.75) is 130 Å². The van der Waals surface area contributed by atoms with Crippen molar-refractivity contribution in [1.29, 1.82) is 0 Å². The molecular weight excluding hydrogens is 504 g/mol. The van der Waals surface area contributed by atoms with E-state index in [-0.39, 0.29) is 43.4 Å². The highest BCUT2D eigenvalue weighted by Gasteiger charge is 2.44. The first-order valence-corrected chi connectivity index (χ1v) is 13.9. The first-order chi connectivity index (χ1) is 18.1. The van der Waals surface area contributed by atoms with Crippen molar-refractivity contribution >= 4 is 29.7 Å². The molecular formula is C29H48N2O8. The maximum absolute atomic E-state index is 13.5. The number of fused-ring (bicyclic) bond motifs is 1. The molecule has 10 heteroatoms. The summed E-state index contributed by atoms with van der Waals surface area (Å²) < 4.78 is 15.5. The Labute approximate surface area is 233 Å². The van der Waals surface area contributed by atoms with Crippen LogP contribution in [0.3, 0.4) is 0 Å². The van der Waals surface area contributed by atoms with Crippen molar-refractivity contribution in [1.82, 2.24) is 10.2 Å². The molecule has 1 saturated heterocycles. The molecule has 0 aromatic carbocycles. The third-order valence-electron chi connectivity index (χ3n) is 6.16. The summed E-state index contributed by atoms with van der Waals surface area (Å²) >= 11 is 0. The van der Waals surface area contributed by atoms with Gasteiger partial charge in [-0.15, -0.1) is 0 Å². The average molecular weight is 553 g/mol. The largest absolute Gasteiger partial charge is 0.460 e. The van der Waals surface area contributed by atoms with Crippen molar-refractivity contribution in [3.8, 4) is 0 Å². The molecule has 222 valence electrons. The molecule has 2 aliphatic heterocycles. The van der Waals surface area contributed by atoms with Crippen LogP contribution >= 0.6 is 0 Å². The number of hydrogen-bond acceptors (Lipinski definition) is 8. The summed E-state index contributed by atoms with van der Waals surface area (Å²) in [6, 6.07) is -1.76. The number of carbonyl (C=O) groups excluding carboxylic acids is 5. The highest BCUT2D eigenvalue weighted by atomic mass is 16.6. The molecule has 0 unspecified atom stereocenters. The van der Waals surface area contributed by atoms with Gasteiger partial charge in [0.2, 0.25) is 5.91 Å². The van der Waals surface area contributed by atoms with E-state index < -0.39 is 47.2 Å². The maximum atomic E-state index is 13.5. The standard InChI is InChI=1S/C27H42N2O8.C2H6/c1-26(2,3)36-22(31)15-12-17(24(33)37-27(4,5)6)16-21(30)20-14-13-18-10-8-9-11-19(23(32)29(18)20)28-25(34)35-7;1-2/h8-9,17-20H,10-16H2,1-7H3,(H,28,34);1-2H3/b9-8-;/t17-,18-,19+,20+;/m1./s1. The van der Waals surface area contributed by atoms with E-state index in [4.69, 9.17) is 9.47 Å². The van der Waals surface area contributed by atoms with Gasteiger partial charge in [0.1, 0.15) is 17.2 Å². The van der Waals surface area contributed by atoms with Crippen LogP contribution in [0, 0.1) is 5.92 Å². The van der Waals surface area contributed by atoms with Gasteiger partial charge in [-0.05, 0) is 73.6 Å². The number of nitrogens with zero attached hydrogens (tertiary/aromatic N) is 1. The Morgan fingerprint density at radius 1 is 0.974 bits per heavy atom. The van der Waals surface area contributed by atoms with Crippen molar-refractivity contribution in [3.05, 3.63) is 12.2 Å². The molecule has 1 N–H and O–H groups in total. The summed E-state index contributed by atoms with van der Waals surface area (Å²) in [5.74, 6) is -2.49. The summed E-state index contributed by atoms with van der Waals surface area (Å²) in [7, 11) is 1.22. The Hall–Kier alpha value is -2.91. The predicted molar refractivity (Wildman–Crippen MR) is 147 cm³/mol. The Morgan fingerprint density at radius 3 is 2.13 bits per heavy atom. The van der Waals surface area contributed by atoms with E-state index in [1.807, 2.05) is 26.0 Å². The number of alkyl carbamates (subject to hydrolysis) is 1. The van der Waals surface area contributed by atoms with Crippen LogP contribution in [-0.2, 0) is 33.4 Å². The molecule has 2 aliphatic rings. The molecule has 1 fully saturated rings. The number of nitrogens with one attached hydrogen (secondary N) is 1. The second-order valence-corrected chi connectivity index (χ2v) is 11.6. The Kier molecular flexibility index (Phi) is 13.1. The highest BCUT2D eigenvalue weighted by Crippen LogP contribution is 2.32. The Bertz CT molecular complexity index is 900. The minimum absolute atomic E-state index is 0.0414. The lowest BCUT2D eigenvalue weighted by molar-refractivity contribution is -0.162. The summed E-state index contributed by atoms with van der Waals surface area (Å²) in [6.07, 6.45) is 4.95. The maximum Gasteiger partial charge on any atom is 0.407 e. The zero-order valence-corrected chi connectivity index (χ0v) is 25.1. The van der Waals surface area contributed by atoms with E-state index in [2.05, 4.69) is 10.1 Å². The van der Waals surface area contributed by atoms with Crippen LogP contribution < -0.4 is 5.32 Å². The third-order valence-corrected chi connectivity index (χ3v) is 6.16. The number of ketones is 1. The van der Waals surface area contributed by atoms with Gasteiger partial charge in [0.25, 0.3) is 0 Å². The summed E-state index contributed by atoms with van der Waals surface area (Å²) in [5.41, 5.74) is -1.43. The summed E-state index contributed by atoms with van der Waals surface area (Å²) in [5, 5.41) is 2.55. The molecule has 0 aliphatic carbocycles. The van der Waals surface area contributed by atoms with Crippen LogP contribution in [0.25, 0.3) is 0 Å². The molecule has 2 heterocycles. The fourth-order valence-electron chi connectivity index (χ4n) is 4.60. The van der Waals surface area contributed by atoms with Crippen molar-refractivity contribution in [3.63, 3.8) is 0 Å². The normalized spacial score (nSPS) is 22.6. The summed E-state index contributed by atoms with van der Waals surface area (Å²) in [4.78, 5) is 65.6. The second kappa shape index (κ2) is 15.0. The van der Waals surface area contributed by atoms with E-state index >= 15 is 0 Å². The van der Waals surface area contributed by atoms with Gasteiger partial charge < -0.3 is 24.4 Å². The average Bonchev–Trinajstić information content (AvgIpc) is 3.24. The SMILES string of the molecule is CC.COC(=O)N[C@H]1C/C=C\C[C@@H]2CC[C@@H](C(=O)C[C@@H](CCC(=O)OC(C)(C)C)C(=O)OC(C)(C)C)N2C1=O. The second-order valence-electron chi connectivity index (χ2n) is 11.6. The lowest BCUT2D eigenvalue weighted by Gasteiger charge is -2.34. The minimum Gasteiger partial charge on any atom is -0.460 e. The van der Waals surface area contributed by atoms with Gasteiger partial charge >= 0.3 is 18.0 Å². The van der Waals surface area contributed by atoms with Crippen molar-refractivity contribution in [2.24, 2.45) is 5.92 Å². The fraction of sp³-hybridized carbons (Fsp3) is 0.759. The van der Waals surface area contributed by atoms with Gasteiger partial charge in [-0.2, -0.15) is 0 Å². The molecule has 0 bridgehead atoms. The quantitative estimate of drug-likeness (QED) is 0.265. The Balaban J connectivity index is 0.00000371. The van der Waals surface area contributed by atoms with Gasteiger partial charge in [-0.25, -0.2) is 4.79 Å². The molecule has 4 atom stereocenters. The number of methoxy groups -OCH3 is 1. The summed E-state index contributed by atoms with van der Waals surface area (Å²) in [6.45, 7) is 14.5. The lowest BCUT2D eigenvalue weighted by Crippen LogP contribution is -2.54. The van der Waals surface area contributed by atoms with Crippen LogP contribution in [0.5, 0.6) is 0 Å². The van der Waals surface area contributed by atoms with Gasteiger partial charge in [0.15, 0.2) is 5.78 Å². The molecule has 0 aromatic heterocycles. The van der Waals surface area contributed by atoms with Gasteiger partial charge in [-0.3, -0.25) is 19.2 Å². The van der Waals surface area contributed by atoms with Gasteiger partial charge in [0, 0.05) is 18.9 Å². The van der Waals surface area contributed by atoms with Crippen LogP contribution in [-0.4, -0.2) is 71.1 Å². The minimum atomic E-state index is -0.855. The van der Waals surface area contributed by atoms with Crippen LogP contribution in [0.4, 0.5) is 4.79 Å². The molecule has 0 saturated carbocycles. The zero-order valence-electron chi connectivity index (χ0n) is 25.1. The number of rotatable bonds is 8. The highest BCUT2D eigenvalue weighted by molar-refractivity contribution is 5.94. The first-order valence-electron chi connectivity index (χ1n) is 13.9. The molecule has 0 spiro atoms. The number of hydrogen-bond donors (Lipinski definition) is 1. The fourth-order valence-corrected chi connectivity index (χ4v) is 4.60. The van der Waals surface area contributed by atoms with Gasteiger partial charge in [-0.1, -0.05) is 26.0 Å². The van der Waals surface area contributed by atoms with E-state index in [1.165, 1.54) is 7.11 Å². The zero-order chi connectivity index (χ0) is 30.0. The topological polar surface area (TPSA) is 128 Å². The predicted octanol–water partition coefficient (Wildman–Crippen LogP) is 4.49. The number of Topliss-reactive ketones (excluding diaryl/α,β-unsaturated/α-hetero) is 1. The third kappa shape index (κ3) is 11.4. The number of amides is 2. The molecule has 0 radical (unpaired) electrons. The monoisotopic (exact) mass is 552 g/mol. The first kappa shape index (κ1) is 34.1. The van der Waals surface area contributed by atoms with Crippen LogP contribution in [0.2, 0.25) is 0 Å². The smallest absolute Gasteiger partial charge is 0.407 e.